The normalized spacial score (nSPS) is 15.0. The summed E-state index contributed by atoms with van der Waals surface area (Å²) >= 11 is 0. The van der Waals surface area contributed by atoms with E-state index in [1.54, 1.807) is 45.9 Å². The number of rotatable bonds is 6. The fourth-order valence-corrected chi connectivity index (χ4v) is 2.63. The predicted octanol–water partition coefficient (Wildman–Crippen LogP) is 3.64. The van der Waals surface area contributed by atoms with E-state index in [1.165, 1.54) is 0 Å². The molecule has 3 amide bonds. The number of carbonyl (C=O) groups is 3. The second-order valence-electron chi connectivity index (χ2n) is 9.71. The molecule has 166 valence electrons. The molecule has 0 saturated heterocycles. The monoisotopic (exact) mass is 418 g/mol. The van der Waals surface area contributed by atoms with Crippen molar-refractivity contribution in [1.82, 2.24) is 10.6 Å². The topological polar surface area (TPSA) is 109 Å². The zero-order chi connectivity index (χ0) is 22.7. The van der Waals surface area contributed by atoms with Gasteiger partial charge in [0.25, 0.3) is 5.91 Å². The van der Waals surface area contributed by atoms with Gasteiger partial charge in [-0.3, -0.25) is 9.59 Å². The van der Waals surface area contributed by atoms with Gasteiger partial charge in [0.1, 0.15) is 11.6 Å². The smallest absolute Gasteiger partial charge is 0.408 e. The number of nitrogens with one attached hydrogen (secondary N) is 4. The summed E-state index contributed by atoms with van der Waals surface area (Å²) in [6, 6.07) is 4.64. The van der Waals surface area contributed by atoms with Gasteiger partial charge in [-0.05, 0) is 73.4 Å². The van der Waals surface area contributed by atoms with Crippen molar-refractivity contribution in [2.24, 2.45) is 0 Å². The molecule has 2 rings (SSSR count). The molecule has 1 aromatic carbocycles. The molecule has 0 radical (unpaired) electrons. The largest absolute Gasteiger partial charge is 0.444 e. The minimum atomic E-state index is -0.819. The Hall–Kier alpha value is -2.77. The van der Waals surface area contributed by atoms with Crippen LogP contribution in [-0.4, -0.2) is 41.1 Å². The van der Waals surface area contributed by atoms with E-state index in [0.717, 1.165) is 12.8 Å². The predicted molar refractivity (Wildman–Crippen MR) is 118 cm³/mol. The molecule has 1 fully saturated rings. The molecule has 4 N–H and O–H groups in total. The number of carbonyl (C=O) groups excluding carboxylic acids is 3. The van der Waals surface area contributed by atoms with Gasteiger partial charge in [-0.25, -0.2) is 4.79 Å². The molecule has 0 unspecified atom stereocenters. The Balaban J connectivity index is 2.17. The van der Waals surface area contributed by atoms with E-state index < -0.39 is 23.6 Å². The molecule has 8 heteroatoms. The molecule has 1 aromatic rings. The minimum absolute atomic E-state index is 0.221. The first kappa shape index (κ1) is 23.5. The van der Waals surface area contributed by atoms with Crippen molar-refractivity contribution in [3.05, 3.63) is 23.8 Å². The first-order valence-corrected chi connectivity index (χ1v) is 10.3. The Bertz CT molecular complexity index is 804. The molecular formula is C22H34N4O4. The highest BCUT2D eigenvalue weighted by molar-refractivity contribution is 6.06. The summed E-state index contributed by atoms with van der Waals surface area (Å²) < 4.78 is 5.20. The number of ether oxygens (including phenoxy) is 1. The lowest BCUT2D eigenvalue weighted by Gasteiger charge is -2.24. The third-order valence-electron chi connectivity index (χ3n) is 4.11. The standard InChI is InChI=1S/C22H34N4O4/c1-13(23-20(29)30-22(5,6)7)18(27)25-16-10-8-9-15(17(16)24-14-11-12-14)19(28)26-21(2,3)4/h8-10,13-14,24H,11-12H2,1-7H3,(H,23,29)(H,25,27)(H,26,28)/t13-/m0/s1. The van der Waals surface area contributed by atoms with Crippen LogP contribution in [0.5, 0.6) is 0 Å². The summed E-state index contributed by atoms with van der Waals surface area (Å²) in [5.74, 6) is -0.630. The fourth-order valence-electron chi connectivity index (χ4n) is 2.63. The van der Waals surface area contributed by atoms with Crippen LogP contribution >= 0.6 is 0 Å². The average molecular weight is 419 g/mol. The average Bonchev–Trinajstić information content (AvgIpc) is 3.36. The number of amides is 3. The molecule has 30 heavy (non-hydrogen) atoms. The van der Waals surface area contributed by atoms with Gasteiger partial charge in [-0.15, -0.1) is 0 Å². The van der Waals surface area contributed by atoms with Crippen molar-refractivity contribution >= 4 is 29.3 Å². The molecule has 8 nitrogen and oxygen atoms in total. The molecule has 1 saturated carbocycles. The van der Waals surface area contributed by atoms with Gasteiger partial charge in [0.05, 0.1) is 16.9 Å². The molecule has 0 aliphatic heterocycles. The Labute approximate surface area is 178 Å². The number of benzene rings is 1. The summed E-state index contributed by atoms with van der Waals surface area (Å²) in [5, 5.41) is 11.6. The van der Waals surface area contributed by atoms with Gasteiger partial charge in [-0.1, -0.05) is 6.07 Å². The van der Waals surface area contributed by atoms with E-state index in [2.05, 4.69) is 21.3 Å². The highest BCUT2D eigenvalue weighted by Crippen LogP contribution is 2.33. The van der Waals surface area contributed by atoms with E-state index in [1.807, 2.05) is 20.8 Å². The van der Waals surface area contributed by atoms with Gasteiger partial charge in [-0.2, -0.15) is 0 Å². The molecule has 0 bridgehead atoms. The van der Waals surface area contributed by atoms with Crippen molar-refractivity contribution in [2.45, 2.75) is 84.5 Å². The number of anilines is 2. The fraction of sp³-hybridized carbons (Fsp3) is 0.591. The van der Waals surface area contributed by atoms with Crippen LogP contribution in [0.3, 0.4) is 0 Å². The van der Waals surface area contributed by atoms with Crippen molar-refractivity contribution in [2.75, 3.05) is 10.6 Å². The SMILES string of the molecule is C[C@H](NC(=O)OC(C)(C)C)C(=O)Nc1cccc(C(=O)NC(C)(C)C)c1NC1CC1. The third-order valence-corrected chi connectivity index (χ3v) is 4.11. The van der Waals surface area contributed by atoms with Gasteiger partial charge in [0.15, 0.2) is 0 Å². The van der Waals surface area contributed by atoms with Crippen LogP contribution in [0.1, 0.15) is 71.7 Å². The lowest BCUT2D eigenvalue weighted by molar-refractivity contribution is -0.117. The summed E-state index contributed by atoms with van der Waals surface area (Å²) in [4.78, 5) is 37.4. The number of alkyl carbamates (subject to hydrolysis) is 1. The van der Waals surface area contributed by atoms with Crippen molar-refractivity contribution in [3.8, 4) is 0 Å². The van der Waals surface area contributed by atoms with Crippen LogP contribution in [0.25, 0.3) is 0 Å². The minimum Gasteiger partial charge on any atom is -0.444 e. The highest BCUT2D eigenvalue weighted by atomic mass is 16.6. The second kappa shape index (κ2) is 8.93. The van der Waals surface area contributed by atoms with Gasteiger partial charge in [0.2, 0.25) is 5.91 Å². The van der Waals surface area contributed by atoms with Gasteiger partial charge >= 0.3 is 6.09 Å². The summed E-state index contributed by atoms with van der Waals surface area (Å²) in [7, 11) is 0. The Morgan fingerprint density at radius 1 is 1.07 bits per heavy atom. The van der Waals surface area contributed by atoms with E-state index in [-0.39, 0.29) is 17.5 Å². The number of hydrogen-bond donors (Lipinski definition) is 4. The van der Waals surface area contributed by atoms with E-state index >= 15 is 0 Å². The maximum Gasteiger partial charge on any atom is 0.408 e. The van der Waals surface area contributed by atoms with Crippen LogP contribution in [0.4, 0.5) is 16.2 Å². The van der Waals surface area contributed by atoms with Crippen LogP contribution in [0.15, 0.2) is 18.2 Å². The zero-order valence-corrected chi connectivity index (χ0v) is 18.9. The molecule has 1 aliphatic rings. The van der Waals surface area contributed by atoms with Gasteiger partial charge in [0, 0.05) is 11.6 Å². The zero-order valence-electron chi connectivity index (χ0n) is 18.9. The Morgan fingerprint density at radius 2 is 1.70 bits per heavy atom. The molecule has 0 heterocycles. The van der Waals surface area contributed by atoms with Crippen molar-refractivity contribution in [1.29, 1.82) is 0 Å². The number of hydrogen-bond acceptors (Lipinski definition) is 5. The van der Waals surface area contributed by atoms with Crippen LogP contribution in [0.2, 0.25) is 0 Å². The van der Waals surface area contributed by atoms with Crippen molar-refractivity contribution < 1.29 is 19.1 Å². The van der Waals surface area contributed by atoms with E-state index in [0.29, 0.717) is 16.9 Å². The molecule has 0 spiro atoms. The van der Waals surface area contributed by atoms with Crippen molar-refractivity contribution in [3.63, 3.8) is 0 Å². The van der Waals surface area contributed by atoms with Crippen LogP contribution < -0.4 is 21.3 Å². The second-order valence-corrected chi connectivity index (χ2v) is 9.71. The summed E-state index contributed by atoms with van der Waals surface area (Å²) in [6.07, 6.45) is 1.36. The first-order valence-electron chi connectivity index (χ1n) is 10.3. The maximum absolute atomic E-state index is 12.8. The summed E-state index contributed by atoms with van der Waals surface area (Å²) in [5.41, 5.74) is 0.489. The maximum atomic E-state index is 12.8. The lowest BCUT2D eigenvalue weighted by Crippen LogP contribution is -2.44. The molecular weight excluding hydrogens is 384 g/mol. The van der Waals surface area contributed by atoms with Crippen LogP contribution in [0, 0.1) is 0 Å². The molecule has 0 aromatic heterocycles. The highest BCUT2D eigenvalue weighted by Gasteiger charge is 2.27. The Morgan fingerprint density at radius 3 is 2.23 bits per heavy atom. The Kier molecular flexibility index (Phi) is 7.00. The van der Waals surface area contributed by atoms with E-state index in [9.17, 15) is 14.4 Å². The first-order chi connectivity index (χ1) is 13.7. The summed E-state index contributed by atoms with van der Waals surface area (Å²) in [6.45, 7) is 12.6. The number of para-hydroxylation sites is 1. The molecule has 1 atom stereocenters. The quantitative estimate of drug-likeness (QED) is 0.564. The van der Waals surface area contributed by atoms with Gasteiger partial charge < -0.3 is 26.0 Å². The molecule has 1 aliphatic carbocycles. The van der Waals surface area contributed by atoms with Crippen LogP contribution in [-0.2, 0) is 9.53 Å². The third kappa shape index (κ3) is 7.57. The lowest BCUT2D eigenvalue weighted by atomic mass is 10.1. The van der Waals surface area contributed by atoms with E-state index in [4.69, 9.17) is 4.74 Å².